The van der Waals surface area contributed by atoms with Gasteiger partial charge in [0.15, 0.2) is 0 Å². The van der Waals surface area contributed by atoms with Crippen molar-refractivity contribution in [3.63, 3.8) is 0 Å². The average molecular weight is 346 g/mol. The number of benzene rings is 1. The largest absolute Gasteiger partial charge is 0.465 e. The SMILES string of the molecule is O=C(O)N[C@H]1CC[C@H](c2ccccc2C(F)(F)F)C[C@@H]1NC(=O)O. The number of halogens is 3. The third kappa shape index (κ3) is 4.30. The van der Waals surface area contributed by atoms with Gasteiger partial charge < -0.3 is 20.8 Å². The van der Waals surface area contributed by atoms with Gasteiger partial charge in [0, 0.05) is 0 Å². The number of amides is 2. The Bertz CT molecular complexity index is 621. The molecule has 9 heteroatoms. The Morgan fingerprint density at radius 1 is 1.00 bits per heavy atom. The normalized spacial score (nSPS) is 24.2. The number of carbonyl (C=O) groups is 2. The summed E-state index contributed by atoms with van der Waals surface area (Å²) < 4.78 is 39.5. The standard InChI is InChI=1S/C15H17F3N2O4/c16-15(17,18)10-4-2-1-3-9(10)8-5-6-11(19-13(21)22)12(7-8)20-14(23)24/h1-4,8,11-12,19-20H,5-7H2,(H,21,22)(H,23,24)/t8-,11-,12-/m0/s1. The summed E-state index contributed by atoms with van der Waals surface area (Å²) in [4.78, 5) is 21.7. The lowest BCUT2D eigenvalue weighted by atomic mass is 9.77. The summed E-state index contributed by atoms with van der Waals surface area (Å²) in [5.74, 6) is -0.508. The van der Waals surface area contributed by atoms with Gasteiger partial charge in [0.25, 0.3) is 0 Å². The van der Waals surface area contributed by atoms with E-state index in [9.17, 15) is 22.8 Å². The van der Waals surface area contributed by atoms with Gasteiger partial charge in [-0.15, -0.1) is 0 Å². The first-order valence-corrected chi connectivity index (χ1v) is 7.33. The molecule has 1 aromatic carbocycles. The van der Waals surface area contributed by atoms with Crippen molar-refractivity contribution in [3.8, 4) is 0 Å². The number of hydrogen-bond donors (Lipinski definition) is 4. The van der Waals surface area contributed by atoms with Crippen molar-refractivity contribution in [1.82, 2.24) is 10.6 Å². The molecule has 0 bridgehead atoms. The van der Waals surface area contributed by atoms with Gasteiger partial charge in [-0.05, 0) is 36.8 Å². The van der Waals surface area contributed by atoms with Crippen molar-refractivity contribution in [2.45, 2.75) is 43.4 Å². The fraction of sp³-hybridized carbons (Fsp3) is 0.467. The van der Waals surface area contributed by atoms with E-state index in [0.29, 0.717) is 6.42 Å². The second-order valence-corrected chi connectivity index (χ2v) is 5.71. The van der Waals surface area contributed by atoms with Gasteiger partial charge in [-0.2, -0.15) is 13.2 Å². The Morgan fingerprint density at radius 3 is 2.17 bits per heavy atom. The lowest BCUT2D eigenvalue weighted by Gasteiger charge is -2.36. The molecule has 3 atom stereocenters. The highest BCUT2D eigenvalue weighted by molar-refractivity contribution is 5.67. The smallest absolute Gasteiger partial charge is 0.416 e. The maximum absolute atomic E-state index is 13.2. The molecule has 2 rings (SSSR count). The lowest BCUT2D eigenvalue weighted by molar-refractivity contribution is -0.138. The monoisotopic (exact) mass is 346 g/mol. The summed E-state index contributed by atoms with van der Waals surface area (Å²) in [6.45, 7) is 0. The molecule has 24 heavy (non-hydrogen) atoms. The lowest BCUT2D eigenvalue weighted by Crippen LogP contribution is -2.53. The number of alkyl halides is 3. The summed E-state index contributed by atoms with van der Waals surface area (Å²) >= 11 is 0. The molecule has 0 saturated heterocycles. The van der Waals surface area contributed by atoms with E-state index < -0.39 is 41.9 Å². The van der Waals surface area contributed by atoms with Gasteiger partial charge in [0.2, 0.25) is 0 Å². The van der Waals surface area contributed by atoms with Crippen molar-refractivity contribution >= 4 is 12.2 Å². The fourth-order valence-corrected chi connectivity index (χ4v) is 3.21. The van der Waals surface area contributed by atoms with Crippen LogP contribution >= 0.6 is 0 Å². The molecule has 0 unspecified atom stereocenters. The summed E-state index contributed by atoms with van der Waals surface area (Å²) in [6.07, 6.45) is -6.48. The minimum absolute atomic E-state index is 0.0876. The predicted molar refractivity (Wildman–Crippen MR) is 77.9 cm³/mol. The Morgan fingerprint density at radius 2 is 1.58 bits per heavy atom. The van der Waals surface area contributed by atoms with Crippen LogP contribution in [0.5, 0.6) is 0 Å². The minimum atomic E-state index is -4.50. The highest BCUT2D eigenvalue weighted by Gasteiger charge is 2.38. The molecule has 0 aromatic heterocycles. The zero-order valence-electron chi connectivity index (χ0n) is 12.5. The van der Waals surface area contributed by atoms with E-state index in [1.807, 2.05) is 0 Å². The second-order valence-electron chi connectivity index (χ2n) is 5.71. The molecule has 0 spiro atoms. The molecule has 0 radical (unpaired) electrons. The van der Waals surface area contributed by atoms with Crippen LogP contribution in [0.4, 0.5) is 22.8 Å². The molecular weight excluding hydrogens is 329 g/mol. The van der Waals surface area contributed by atoms with E-state index in [2.05, 4.69) is 10.6 Å². The van der Waals surface area contributed by atoms with Crippen LogP contribution in [-0.4, -0.2) is 34.5 Å². The Balaban J connectivity index is 2.25. The Kier molecular flexibility index (Phi) is 5.20. The van der Waals surface area contributed by atoms with Crippen molar-refractivity contribution < 1.29 is 33.0 Å². The first-order chi connectivity index (χ1) is 11.2. The number of rotatable bonds is 3. The van der Waals surface area contributed by atoms with Crippen LogP contribution in [0.3, 0.4) is 0 Å². The summed E-state index contributed by atoms with van der Waals surface area (Å²) in [7, 11) is 0. The van der Waals surface area contributed by atoms with E-state index in [0.717, 1.165) is 6.07 Å². The van der Waals surface area contributed by atoms with Gasteiger partial charge in [-0.1, -0.05) is 18.2 Å². The molecule has 1 aromatic rings. The van der Waals surface area contributed by atoms with Crippen LogP contribution < -0.4 is 10.6 Å². The molecule has 1 saturated carbocycles. The predicted octanol–water partition coefficient (Wildman–Crippen LogP) is 3.25. The van der Waals surface area contributed by atoms with E-state index in [4.69, 9.17) is 10.2 Å². The van der Waals surface area contributed by atoms with Gasteiger partial charge in [0.1, 0.15) is 0 Å². The Labute approximate surface area is 135 Å². The van der Waals surface area contributed by atoms with Crippen molar-refractivity contribution in [1.29, 1.82) is 0 Å². The van der Waals surface area contributed by atoms with Gasteiger partial charge >= 0.3 is 18.4 Å². The molecule has 1 aliphatic carbocycles. The average Bonchev–Trinajstić information content (AvgIpc) is 2.47. The quantitative estimate of drug-likeness (QED) is 0.675. The van der Waals surface area contributed by atoms with Gasteiger partial charge in [-0.3, -0.25) is 0 Å². The van der Waals surface area contributed by atoms with E-state index in [1.165, 1.54) is 18.2 Å². The first kappa shape index (κ1) is 17.9. The molecule has 132 valence electrons. The zero-order chi connectivity index (χ0) is 17.9. The van der Waals surface area contributed by atoms with Crippen molar-refractivity contribution in [3.05, 3.63) is 35.4 Å². The first-order valence-electron chi connectivity index (χ1n) is 7.33. The van der Waals surface area contributed by atoms with Crippen molar-refractivity contribution in [2.75, 3.05) is 0 Å². The third-order valence-corrected chi connectivity index (χ3v) is 4.17. The van der Waals surface area contributed by atoms with E-state index in [1.54, 1.807) is 0 Å². The molecule has 2 amide bonds. The second kappa shape index (κ2) is 6.98. The summed E-state index contributed by atoms with van der Waals surface area (Å²) in [5, 5.41) is 22.1. The van der Waals surface area contributed by atoms with Crippen LogP contribution in [0.25, 0.3) is 0 Å². The van der Waals surface area contributed by atoms with Gasteiger partial charge in [0.05, 0.1) is 17.6 Å². The summed E-state index contributed by atoms with van der Waals surface area (Å²) in [5.41, 5.74) is -0.635. The highest BCUT2D eigenvalue weighted by Crippen LogP contribution is 2.40. The van der Waals surface area contributed by atoms with E-state index >= 15 is 0 Å². The minimum Gasteiger partial charge on any atom is -0.465 e. The zero-order valence-corrected chi connectivity index (χ0v) is 12.5. The van der Waals surface area contributed by atoms with Crippen LogP contribution in [-0.2, 0) is 6.18 Å². The molecular formula is C15H17F3N2O4. The molecule has 0 aliphatic heterocycles. The molecule has 0 heterocycles. The fourth-order valence-electron chi connectivity index (χ4n) is 3.21. The van der Waals surface area contributed by atoms with E-state index in [-0.39, 0.29) is 18.4 Å². The number of hydrogen-bond acceptors (Lipinski definition) is 2. The number of nitrogens with one attached hydrogen (secondary N) is 2. The topological polar surface area (TPSA) is 98.7 Å². The highest BCUT2D eigenvalue weighted by atomic mass is 19.4. The maximum Gasteiger partial charge on any atom is 0.416 e. The Hall–Kier alpha value is -2.45. The maximum atomic E-state index is 13.2. The summed E-state index contributed by atoms with van der Waals surface area (Å²) in [6, 6.07) is 3.72. The van der Waals surface area contributed by atoms with Crippen molar-refractivity contribution in [2.24, 2.45) is 0 Å². The molecule has 4 N–H and O–H groups in total. The molecule has 6 nitrogen and oxygen atoms in total. The van der Waals surface area contributed by atoms with Crippen LogP contribution in [0.1, 0.15) is 36.3 Å². The molecule has 1 fully saturated rings. The molecule has 1 aliphatic rings. The van der Waals surface area contributed by atoms with Crippen LogP contribution in [0, 0.1) is 0 Å². The van der Waals surface area contributed by atoms with Crippen LogP contribution in [0.2, 0.25) is 0 Å². The van der Waals surface area contributed by atoms with Crippen LogP contribution in [0.15, 0.2) is 24.3 Å². The van der Waals surface area contributed by atoms with Gasteiger partial charge in [-0.25, -0.2) is 9.59 Å². The number of carboxylic acid groups (broad SMARTS) is 2. The third-order valence-electron chi connectivity index (χ3n) is 4.17.